The van der Waals surface area contributed by atoms with Crippen molar-refractivity contribution in [2.24, 2.45) is 0 Å². The first-order valence-corrected chi connectivity index (χ1v) is 9.67. The van der Waals surface area contributed by atoms with Gasteiger partial charge in [-0.15, -0.1) is 5.10 Å². The van der Waals surface area contributed by atoms with E-state index in [1.165, 1.54) is 4.57 Å². The summed E-state index contributed by atoms with van der Waals surface area (Å²) in [7, 11) is 0. The fraction of sp³-hybridized carbons (Fsp3) is 0.158. The lowest BCUT2D eigenvalue weighted by Crippen LogP contribution is -2.23. The molecular formula is C19H16N6O3S. The Kier molecular flexibility index (Phi) is 5.09. The van der Waals surface area contributed by atoms with Crippen molar-refractivity contribution >= 4 is 34.6 Å². The van der Waals surface area contributed by atoms with Gasteiger partial charge in [0.1, 0.15) is 5.82 Å². The van der Waals surface area contributed by atoms with E-state index in [0.717, 1.165) is 17.3 Å². The normalized spacial score (nSPS) is 11.0. The van der Waals surface area contributed by atoms with E-state index < -0.39 is 0 Å². The van der Waals surface area contributed by atoms with Crippen LogP contribution in [0.15, 0.2) is 57.0 Å². The van der Waals surface area contributed by atoms with E-state index in [1.54, 1.807) is 37.4 Å². The van der Waals surface area contributed by atoms with Gasteiger partial charge in [-0.2, -0.15) is 0 Å². The Hall–Kier alpha value is -3.53. The smallest absolute Gasteiger partial charge is 0.322 e. The SMILES string of the molecule is Cc1ccc(-n2c(SCC(=O)Nc3nnc(C)o3)nc3ccccc3c2=O)nc1. The highest BCUT2D eigenvalue weighted by molar-refractivity contribution is 7.99. The lowest BCUT2D eigenvalue weighted by Gasteiger charge is -2.12. The number of amides is 1. The van der Waals surface area contributed by atoms with E-state index >= 15 is 0 Å². The predicted molar refractivity (Wildman–Crippen MR) is 108 cm³/mol. The second-order valence-corrected chi connectivity index (χ2v) is 7.15. The maximum absolute atomic E-state index is 13.1. The van der Waals surface area contributed by atoms with Gasteiger partial charge in [0.25, 0.3) is 5.56 Å². The van der Waals surface area contributed by atoms with Gasteiger partial charge < -0.3 is 4.42 Å². The number of nitrogens with zero attached hydrogens (tertiary/aromatic N) is 5. The number of rotatable bonds is 5. The number of hydrogen-bond acceptors (Lipinski definition) is 8. The fourth-order valence-corrected chi connectivity index (χ4v) is 3.44. The third-order valence-corrected chi connectivity index (χ3v) is 4.91. The lowest BCUT2D eigenvalue weighted by molar-refractivity contribution is -0.113. The number of para-hydroxylation sites is 1. The van der Waals surface area contributed by atoms with E-state index in [0.29, 0.717) is 27.8 Å². The Bertz CT molecular complexity index is 1250. The maximum Gasteiger partial charge on any atom is 0.322 e. The van der Waals surface area contributed by atoms with Gasteiger partial charge in [-0.05, 0) is 30.7 Å². The molecule has 0 unspecified atom stereocenters. The van der Waals surface area contributed by atoms with Crippen molar-refractivity contribution < 1.29 is 9.21 Å². The molecule has 4 aromatic rings. The molecule has 0 bridgehead atoms. The van der Waals surface area contributed by atoms with Gasteiger partial charge in [0.05, 0.1) is 16.7 Å². The minimum Gasteiger partial charge on any atom is -0.408 e. The number of thioether (sulfide) groups is 1. The van der Waals surface area contributed by atoms with Crippen LogP contribution >= 0.6 is 11.8 Å². The summed E-state index contributed by atoms with van der Waals surface area (Å²) < 4.78 is 6.56. The zero-order valence-electron chi connectivity index (χ0n) is 15.6. The topological polar surface area (TPSA) is 116 Å². The molecule has 1 N–H and O–H groups in total. The van der Waals surface area contributed by atoms with E-state index in [-0.39, 0.29) is 23.2 Å². The monoisotopic (exact) mass is 408 g/mol. The first-order valence-electron chi connectivity index (χ1n) is 8.69. The molecule has 0 atom stereocenters. The van der Waals surface area contributed by atoms with Gasteiger partial charge in [-0.3, -0.25) is 14.9 Å². The van der Waals surface area contributed by atoms with Gasteiger partial charge >= 0.3 is 6.01 Å². The Morgan fingerprint density at radius 2 is 2.00 bits per heavy atom. The zero-order chi connectivity index (χ0) is 20.4. The molecule has 29 heavy (non-hydrogen) atoms. The van der Waals surface area contributed by atoms with E-state index in [9.17, 15) is 9.59 Å². The Morgan fingerprint density at radius 3 is 2.72 bits per heavy atom. The van der Waals surface area contributed by atoms with Crippen LogP contribution < -0.4 is 10.9 Å². The Morgan fingerprint density at radius 1 is 1.17 bits per heavy atom. The second-order valence-electron chi connectivity index (χ2n) is 6.21. The van der Waals surface area contributed by atoms with Crippen LogP contribution in [-0.4, -0.2) is 36.4 Å². The van der Waals surface area contributed by atoms with Gasteiger partial charge in [-0.25, -0.2) is 14.5 Å². The van der Waals surface area contributed by atoms with Gasteiger partial charge in [0.2, 0.25) is 11.8 Å². The molecule has 9 nitrogen and oxygen atoms in total. The summed E-state index contributed by atoms with van der Waals surface area (Å²) in [4.78, 5) is 34.3. The number of hydrogen-bond donors (Lipinski definition) is 1. The summed E-state index contributed by atoms with van der Waals surface area (Å²) in [6.45, 7) is 3.54. The van der Waals surface area contributed by atoms with E-state index in [1.807, 2.05) is 19.1 Å². The van der Waals surface area contributed by atoms with Crippen LogP contribution in [0.3, 0.4) is 0 Å². The number of benzene rings is 1. The summed E-state index contributed by atoms with van der Waals surface area (Å²) in [6.07, 6.45) is 1.68. The standard InChI is InChI=1S/C19H16N6O3S/c1-11-7-8-15(20-9-11)25-17(27)13-5-3-4-6-14(13)21-19(25)29-10-16(26)22-18-24-23-12(2)28-18/h3-9H,10H2,1-2H3,(H,22,24,26). The summed E-state index contributed by atoms with van der Waals surface area (Å²) in [5.41, 5.74) is 1.28. The van der Waals surface area contributed by atoms with Crippen LogP contribution in [-0.2, 0) is 4.79 Å². The van der Waals surface area contributed by atoms with Gasteiger partial charge in [-0.1, -0.05) is 35.1 Å². The average Bonchev–Trinajstić information content (AvgIpc) is 3.12. The maximum atomic E-state index is 13.1. The molecule has 0 saturated carbocycles. The van der Waals surface area contributed by atoms with Crippen LogP contribution in [0.5, 0.6) is 0 Å². The predicted octanol–water partition coefficient (Wildman–Crippen LogP) is 2.51. The first-order chi connectivity index (χ1) is 14.0. The molecule has 0 aliphatic carbocycles. The number of aryl methyl sites for hydroxylation is 2. The molecule has 1 aromatic carbocycles. The molecule has 0 radical (unpaired) electrons. The van der Waals surface area contributed by atoms with Crippen LogP contribution in [0.25, 0.3) is 16.7 Å². The molecule has 10 heteroatoms. The number of pyridine rings is 1. The number of fused-ring (bicyclic) bond motifs is 1. The number of carbonyl (C=O) groups is 1. The molecule has 0 fully saturated rings. The third kappa shape index (κ3) is 4.02. The van der Waals surface area contributed by atoms with Crippen LogP contribution in [0.1, 0.15) is 11.5 Å². The van der Waals surface area contributed by atoms with Crippen LogP contribution in [0.4, 0.5) is 6.01 Å². The number of anilines is 1. The zero-order valence-corrected chi connectivity index (χ0v) is 16.4. The van der Waals surface area contributed by atoms with E-state index in [4.69, 9.17) is 4.42 Å². The van der Waals surface area contributed by atoms with Gasteiger partial charge in [0.15, 0.2) is 5.16 Å². The highest BCUT2D eigenvalue weighted by atomic mass is 32.2. The molecule has 0 aliphatic heterocycles. The second kappa shape index (κ2) is 7.84. The molecule has 3 aromatic heterocycles. The minimum absolute atomic E-state index is 0.00192. The third-order valence-electron chi connectivity index (χ3n) is 3.97. The summed E-state index contributed by atoms with van der Waals surface area (Å²) in [5.74, 6) is 0.431. The van der Waals surface area contributed by atoms with Crippen molar-refractivity contribution in [3.63, 3.8) is 0 Å². The van der Waals surface area contributed by atoms with E-state index in [2.05, 4.69) is 25.5 Å². The number of aromatic nitrogens is 5. The minimum atomic E-state index is -0.357. The highest BCUT2D eigenvalue weighted by Gasteiger charge is 2.16. The summed E-state index contributed by atoms with van der Waals surface area (Å²) >= 11 is 1.12. The summed E-state index contributed by atoms with van der Waals surface area (Å²) in [5, 5.41) is 10.8. The number of carbonyl (C=O) groups excluding carboxylic acids is 1. The molecule has 1 amide bonds. The van der Waals surface area contributed by atoms with Crippen molar-refractivity contribution in [3.05, 3.63) is 64.4 Å². The van der Waals surface area contributed by atoms with Crippen molar-refractivity contribution in [2.45, 2.75) is 19.0 Å². The van der Waals surface area contributed by atoms with Crippen molar-refractivity contribution in [2.75, 3.05) is 11.1 Å². The molecule has 4 rings (SSSR count). The van der Waals surface area contributed by atoms with Crippen molar-refractivity contribution in [1.82, 2.24) is 24.7 Å². The fourth-order valence-electron chi connectivity index (χ4n) is 2.64. The number of nitrogens with one attached hydrogen (secondary N) is 1. The largest absolute Gasteiger partial charge is 0.408 e. The van der Waals surface area contributed by atoms with Gasteiger partial charge in [0, 0.05) is 13.1 Å². The molecule has 0 aliphatic rings. The first kappa shape index (κ1) is 18.8. The molecule has 146 valence electrons. The molecule has 0 saturated heterocycles. The Balaban J connectivity index is 1.68. The lowest BCUT2D eigenvalue weighted by atomic mass is 10.2. The molecular weight excluding hydrogens is 392 g/mol. The highest BCUT2D eigenvalue weighted by Crippen LogP contribution is 2.21. The van der Waals surface area contributed by atoms with Crippen molar-refractivity contribution in [1.29, 1.82) is 0 Å². The summed E-state index contributed by atoms with van der Waals surface area (Å²) in [6, 6.07) is 10.7. The quantitative estimate of drug-likeness (QED) is 0.396. The van der Waals surface area contributed by atoms with Crippen LogP contribution in [0, 0.1) is 13.8 Å². The Labute approximate surface area is 169 Å². The van der Waals surface area contributed by atoms with Crippen LogP contribution in [0.2, 0.25) is 0 Å². The molecule has 3 heterocycles. The average molecular weight is 408 g/mol. The van der Waals surface area contributed by atoms with Crippen molar-refractivity contribution in [3.8, 4) is 5.82 Å². The molecule has 0 spiro atoms.